The second kappa shape index (κ2) is 7.71. The first-order valence-electron chi connectivity index (χ1n) is 6.95. The number of rotatable bonds is 5. The van der Waals surface area contributed by atoms with E-state index in [1.165, 1.54) is 18.2 Å². The third-order valence-corrected chi connectivity index (χ3v) is 3.49. The number of nitro groups is 1. The van der Waals surface area contributed by atoms with Gasteiger partial charge in [0.25, 0.3) is 11.6 Å². The van der Waals surface area contributed by atoms with Crippen molar-refractivity contribution in [2.24, 2.45) is 0 Å². The van der Waals surface area contributed by atoms with E-state index in [1.807, 2.05) is 0 Å². The fourth-order valence-corrected chi connectivity index (χ4v) is 2.19. The zero-order chi connectivity index (χ0) is 18.6. The molecular formula is C16H12ClFN2O5. The van der Waals surface area contributed by atoms with Gasteiger partial charge in [-0.3, -0.25) is 14.9 Å². The Morgan fingerprint density at radius 3 is 2.64 bits per heavy atom. The largest absolute Gasteiger partial charge is 0.452 e. The second-order valence-corrected chi connectivity index (χ2v) is 5.41. The highest BCUT2D eigenvalue weighted by atomic mass is 35.5. The minimum absolute atomic E-state index is 0.0816. The quantitative estimate of drug-likeness (QED) is 0.496. The first-order valence-corrected chi connectivity index (χ1v) is 7.33. The van der Waals surface area contributed by atoms with E-state index in [0.29, 0.717) is 5.56 Å². The van der Waals surface area contributed by atoms with E-state index in [9.17, 15) is 24.1 Å². The molecule has 0 aliphatic heterocycles. The highest BCUT2D eigenvalue weighted by Gasteiger charge is 2.16. The van der Waals surface area contributed by atoms with E-state index in [1.54, 1.807) is 6.92 Å². The number of carbonyl (C=O) groups excluding carboxylic acids is 2. The van der Waals surface area contributed by atoms with Crippen LogP contribution in [-0.2, 0) is 9.53 Å². The summed E-state index contributed by atoms with van der Waals surface area (Å²) in [6.07, 6.45) is 0. The van der Waals surface area contributed by atoms with Crippen LogP contribution in [0.4, 0.5) is 15.8 Å². The summed E-state index contributed by atoms with van der Waals surface area (Å²) in [6.45, 7) is 0.937. The van der Waals surface area contributed by atoms with Gasteiger partial charge in [0.15, 0.2) is 6.61 Å². The van der Waals surface area contributed by atoms with Crippen molar-refractivity contribution in [3.8, 4) is 0 Å². The maximum Gasteiger partial charge on any atom is 0.340 e. The predicted octanol–water partition coefficient (Wildman–Crippen LogP) is 3.49. The number of ether oxygens (including phenoxy) is 1. The maximum absolute atomic E-state index is 12.9. The number of carbonyl (C=O) groups is 2. The average molecular weight is 367 g/mol. The molecule has 0 radical (unpaired) electrons. The second-order valence-electron chi connectivity index (χ2n) is 5.01. The van der Waals surface area contributed by atoms with Crippen LogP contribution in [0.15, 0.2) is 36.4 Å². The van der Waals surface area contributed by atoms with Gasteiger partial charge in [0, 0.05) is 17.3 Å². The molecule has 1 amide bonds. The summed E-state index contributed by atoms with van der Waals surface area (Å²) in [6, 6.07) is 7.29. The van der Waals surface area contributed by atoms with Crippen molar-refractivity contribution < 1.29 is 23.6 Å². The Morgan fingerprint density at radius 1 is 1.28 bits per heavy atom. The Morgan fingerprint density at radius 2 is 2.00 bits per heavy atom. The number of halogens is 2. The SMILES string of the molecule is Cc1ccc(NC(=O)COC(=O)c2ccc(F)cc2Cl)cc1[N+](=O)[O-]. The summed E-state index contributed by atoms with van der Waals surface area (Å²) in [5.41, 5.74) is 0.410. The molecule has 0 heterocycles. The third-order valence-electron chi connectivity index (χ3n) is 3.17. The van der Waals surface area contributed by atoms with Gasteiger partial charge in [-0.25, -0.2) is 9.18 Å². The van der Waals surface area contributed by atoms with Gasteiger partial charge in [-0.05, 0) is 31.2 Å². The van der Waals surface area contributed by atoms with E-state index in [2.05, 4.69) is 5.32 Å². The summed E-state index contributed by atoms with van der Waals surface area (Å²) < 4.78 is 17.7. The van der Waals surface area contributed by atoms with Crippen molar-refractivity contribution in [3.05, 3.63) is 68.5 Å². The van der Waals surface area contributed by atoms with Gasteiger partial charge >= 0.3 is 5.97 Å². The van der Waals surface area contributed by atoms with Crippen molar-refractivity contribution >= 4 is 34.9 Å². The lowest BCUT2D eigenvalue weighted by molar-refractivity contribution is -0.385. The molecule has 0 bridgehead atoms. The Labute approximate surface area is 146 Å². The summed E-state index contributed by atoms with van der Waals surface area (Å²) in [5.74, 6) is -2.19. The molecule has 25 heavy (non-hydrogen) atoms. The first-order chi connectivity index (χ1) is 11.8. The van der Waals surface area contributed by atoms with Crippen LogP contribution in [0.25, 0.3) is 0 Å². The minimum Gasteiger partial charge on any atom is -0.452 e. The van der Waals surface area contributed by atoms with Crippen LogP contribution in [0, 0.1) is 22.9 Å². The molecule has 0 spiro atoms. The highest BCUT2D eigenvalue weighted by molar-refractivity contribution is 6.33. The van der Waals surface area contributed by atoms with Crippen molar-refractivity contribution in [3.63, 3.8) is 0 Å². The Kier molecular flexibility index (Phi) is 5.66. The van der Waals surface area contributed by atoms with Gasteiger partial charge in [0.05, 0.1) is 15.5 Å². The highest BCUT2D eigenvalue weighted by Crippen LogP contribution is 2.22. The molecular weight excluding hydrogens is 355 g/mol. The Hall–Kier alpha value is -3.00. The van der Waals surface area contributed by atoms with Crippen LogP contribution < -0.4 is 5.32 Å². The predicted molar refractivity (Wildman–Crippen MR) is 88.2 cm³/mol. The van der Waals surface area contributed by atoms with E-state index in [-0.39, 0.29) is 22.0 Å². The first kappa shape index (κ1) is 18.3. The molecule has 130 valence electrons. The van der Waals surface area contributed by atoms with E-state index in [0.717, 1.165) is 18.2 Å². The number of amides is 1. The number of anilines is 1. The van der Waals surface area contributed by atoms with Crippen molar-refractivity contribution in [1.82, 2.24) is 0 Å². The topological polar surface area (TPSA) is 98.5 Å². The molecule has 0 saturated carbocycles. The minimum atomic E-state index is -0.893. The molecule has 0 fully saturated rings. The molecule has 9 heteroatoms. The van der Waals surface area contributed by atoms with Gasteiger partial charge in [0.1, 0.15) is 5.82 Å². The lowest BCUT2D eigenvalue weighted by Gasteiger charge is -2.08. The van der Waals surface area contributed by atoms with E-state index < -0.39 is 29.2 Å². The zero-order valence-corrected chi connectivity index (χ0v) is 13.7. The van der Waals surface area contributed by atoms with Crippen molar-refractivity contribution in [2.45, 2.75) is 6.92 Å². The number of nitrogens with zero attached hydrogens (tertiary/aromatic N) is 1. The number of nitrogens with one attached hydrogen (secondary N) is 1. The maximum atomic E-state index is 12.9. The molecule has 1 N–H and O–H groups in total. The Balaban J connectivity index is 1.98. The van der Waals surface area contributed by atoms with Crippen molar-refractivity contribution in [1.29, 1.82) is 0 Å². The average Bonchev–Trinajstić information content (AvgIpc) is 2.54. The normalized spacial score (nSPS) is 10.2. The molecule has 0 atom stereocenters. The number of hydrogen-bond acceptors (Lipinski definition) is 5. The van der Waals surface area contributed by atoms with Gasteiger partial charge in [-0.2, -0.15) is 0 Å². The molecule has 2 aromatic carbocycles. The number of esters is 1. The summed E-state index contributed by atoms with van der Waals surface area (Å²) in [7, 11) is 0. The summed E-state index contributed by atoms with van der Waals surface area (Å²) in [4.78, 5) is 33.9. The van der Waals surface area contributed by atoms with Crippen LogP contribution in [0.3, 0.4) is 0 Å². The molecule has 0 unspecified atom stereocenters. The summed E-state index contributed by atoms with van der Waals surface area (Å²) in [5, 5.41) is 13.1. The fraction of sp³-hybridized carbons (Fsp3) is 0.125. The van der Waals surface area contributed by atoms with Crippen LogP contribution in [0.5, 0.6) is 0 Å². The van der Waals surface area contributed by atoms with Gasteiger partial charge in [0.2, 0.25) is 0 Å². The standard InChI is InChI=1S/C16H12ClFN2O5/c1-9-2-4-11(7-14(9)20(23)24)19-15(21)8-25-16(22)12-5-3-10(18)6-13(12)17/h2-7H,8H2,1H3,(H,19,21). The molecule has 0 aliphatic rings. The zero-order valence-electron chi connectivity index (χ0n) is 12.9. The lowest BCUT2D eigenvalue weighted by Crippen LogP contribution is -2.21. The number of aryl methyl sites for hydroxylation is 1. The molecule has 0 aliphatic carbocycles. The van der Waals surface area contributed by atoms with Gasteiger partial charge in [-0.15, -0.1) is 0 Å². The molecule has 2 rings (SSSR count). The van der Waals surface area contributed by atoms with Crippen LogP contribution in [0.1, 0.15) is 15.9 Å². The monoisotopic (exact) mass is 366 g/mol. The van der Waals surface area contributed by atoms with Gasteiger partial charge in [-0.1, -0.05) is 17.7 Å². The van der Waals surface area contributed by atoms with E-state index >= 15 is 0 Å². The van der Waals surface area contributed by atoms with Crippen molar-refractivity contribution in [2.75, 3.05) is 11.9 Å². The fourth-order valence-electron chi connectivity index (χ4n) is 1.94. The van der Waals surface area contributed by atoms with E-state index in [4.69, 9.17) is 16.3 Å². The molecule has 2 aromatic rings. The van der Waals surface area contributed by atoms with Crippen LogP contribution in [-0.4, -0.2) is 23.4 Å². The molecule has 0 aromatic heterocycles. The smallest absolute Gasteiger partial charge is 0.340 e. The Bertz CT molecular complexity index is 856. The van der Waals surface area contributed by atoms with Gasteiger partial charge < -0.3 is 10.1 Å². The number of hydrogen-bond donors (Lipinski definition) is 1. The molecule has 0 saturated heterocycles. The number of nitro benzene ring substituents is 1. The lowest BCUT2D eigenvalue weighted by atomic mass is 10.2. The molecule has 7 nitrogen and oxygen atoms in total. The summed E-state index contributed by atoms with van der Waals surface area (Å²) >= 11 is 5.73. The number of benzene rings is 2. The third kappa shape index (κ3) is 4.74. The van der Waals surface area contributed by atoms with Crippen LogP contribution >= 0.6 is 11.6 Å². The van der Waals surface area contributed by atoms with Crippen LogP contribution in [0.2, 0.25) is 5.02 Å².